The molecule has 188 valence electrons. The van der Waals surface area contributed by atoms with Crippen molar-refractivity contribution in [3.63, 3.8) is 0 Å². The van der Waals surface area contributed by atoms with E-state index < -0.39 is 0 Å². The number of benzene rings is 2. The summed E-state index contributed by atoms with van der Waals surface area (Å²) in [6.07, 6.45) is 3.53. The first-order chi connectivity index (χ1) is 16.2. The van der Waals surface area contributed by atoms with Gasteiger partial charge in [-0.05, 0) is 92.1 Å². The molecule has 0 aliphatic rings. The van der Waals surface area contributed by atoms with Crippen molar-refractivity contribution < 1.29 is 18.9 Å². The third-order valence-corrected chi connectivity index (χ3v) is 5.44. The SMILES string of the molecule is CC(C)Oc1ccc(OCCCCOc2cc(C(C)C)c(C(C)C)cc2OCC=C(Cl)Cl)cc1. The van der Waals surface area contributed by atoms with Gasteiger partial charge in [0, 0.05) is 0 Å². The lowest BCUT2D eigenvalue weighted by atomic mass is 9.90. The Morgan fingerprint density at radius 1 is 0.735 bits per heavy atom. The van der Waals surface area contributed by atoms with Crippen LogP contribution >= 0.6 is 23.2 Å². The van der Waals surface area contributed by atoms with Crippen LogP contribution in [-0.2, 0) is 0 Å². The van der Waals surface area contributed by atoms with Gasteiger partial charge in [-0.1, -0.05) is 50.9 Å². The molecule has 4 nitrogen and oxygen atoms in total. The van der Waals surface area contributed by atoms with Crippen molar-refractivity contribution in [3.05, 3.63) is 58.1 Å². The van der Waals surface area contributed by atoms with Crippen LogP contribution in [0.25, 0.3) is 0 Å². The van der Waals surface area contributed by atoms with Crippen LogP contribution in [-0.4, -0.2) is 25.9 Å². The van der Waals surface area contributed by atoms with E-state index in [0.29, 0.717) is 30.8 Å². The normalized spacial score (nSPS) is 11.1. The molecule has 2 aromatic carbocycles. The van der Waals surface area contributed by atoms with Crippen molar-refractivity contribution in [2.24, 2.45) is 0 Å². The van der Waals surface area contributed by atoms with Crippen molar-refractivity contribution in [3.8, 4) is 23.0 Å². The summed E-state index contributed by atoms with van der Waals surface area (Å²) in [7, 11) is 0. The van der Waals surface area contributed by atoms with Crippen LogP contribution in [0.15, 0.2) is 47.0 Å². The largest absolute Gasteiger partial charge is 0.494 e. The van der Waals surface area contributed by atoms with Gasteiger partial charge >= 0.3 is 0 Å². The van der Waals surface area contributed by atoms with Gasteiger partial charge in [-0.15, -0.1) is 0 Å². The van der Waals surface area contributed by atoms with E-state index in [1.807, 2.05) is 38.1 Å². The van der Waals surface area contributed by atoms with E-state index in [1.54, 1.807) is 6.08 Å². The highest BCUT2D eigenvalue weighted by atomic mass is 35.5. The minimum absolute atomic E-state index is 0.158. The Labute approximate surface area is 215 Å². The summed E-state index contributed by atoms with van der Waals surface area (Å²) in [4.78, 5) is 0. The highest BCUT2D eigenvalue weighted by Crippen LogP contribution is 2.37. The molecule has 6 heteroatoms. The first-order valence-electron chi connectivity index (χ1n) is 12.0. The predicted molar refractivity (Wildman–Crippen MR) is 142 cm³/mol. The van der Waals surface area contributed by atoms with Gasteiger partial charge in [0.1, 0.15) is 22.6 Å². The van der Waals surface area contributed by atoms with E-state index in [4.69, 9.17) is 42.1 Å². The zero-order chi connectivity index (χ0) is 25.1. The lowest BCUT2D eigenvalue weighted by Gasteiger charge is -2.21. The summed E-state index contributed by atoms with van der Waals surface area (Å²) in [5.41, 5.74) is 2.54. The minimum atomic E-state index is 0.158. The fourth-order valence-electron chi connectivity index (χ4n) is 3.47. The Balaban J connectivity index is 1.92. The molecule has 0 saturated heterocycles. The second-order valence-electron chi connectivity index (χ2n) is 9.08. The average Bonchev–Trinajstić information content (AvgIpc) is 2.76. The second-order valence-corrected chi connectivity index (χ2v) is 10.1. The molecule has 0 radical (unpaired) electrons. The topological polar surface area (TPSA) is 36.9 Å². The number of halogens is 2. The molecule has 0 heterocycles. The van der Waals surface area contributed by atoms with Gasteiger partial charge in [-0.2, -0.15) is 0 Å². The molecule has 0 N–H and O–H groups in total. The highest BCUT2D eigenvalue weighted by Gasteiger charge is 2.16. The molecule has 0 unspecified atom stereocenters. The first kappa shape index (κ1) is 28.2. The van der Waals surface area contributed by atoms with Gasteiger partial charge in [-0.3, -0.25) is 0 Å². The van der Waals surface area contributed by atoms with Crippen LogP contribution in [0, 0.1) is 0 Å². The van der Waals surface area contributed by atoms with Crippen molar-refractivity contribution in [1.29, 1.82) is 0 Å². The molecular formula is C28H38Cl2O4. The maximum absolute atomic E-state index is 6.14. The Kier molecular flexibility index (Phi) is 11.9. The van der Waals surface area contributed by atoms with Gasteiger partial charge < -0.3 is 18.9 Å². The molecule has 2 aromatic rings. The first-order valence-corrected chi connectivity index (χ1v) is 12.8. The smallest absolute Gasteiger partial charge is 0.161 e. The van der Waals surface area contributed by atoms with Gasteiger partial charge in [0.05, 0.1) is 19.3 Å². The maximum atomic E-state index is 6.14. The van der Waals surface area contributed by atoms with Gasteiger partial charge in [0.25, 0.3) is 0 Å². The lowest BCUT2D eigenvalue weighted by Crippen LogP contribution is -2.07. The molecule has 0 spiro atoms. The third kappa shape index (κ3) is 9.68. The standard InChI is InChI=1S/C28H38Cl2O4/c1-19(2)24-17-26(27(18-25(24)20(3)4)33-16-13-28(29)30)32-15-8-7-14-31-22-9-11-23(12-10-22)34-21(5)6/h9-13,17-21H,7-8,14-16H2,1-6H3. The number of hydrogen-bond acceptors (Lipinski definition) is 4. The molecule has 0 aliphatic heterocycles. The lowest BCUT2D eigenvalue weighted by molar-refractivity contribution is 0.241. The molecule has 0 atom stereocenters. The second kappa shape index (κ2) is 14.4. The van der Waals surface area contributed by atoms with Crippen LogP contribution in [0.2, 0.25) is 0 Å². The molecular weight excluding hydrogens is 471 g/mol. The summed E-state index contributed by atoms with van der Waals surface area (Å²) in [6, 6.07) is 11.9. The van der Waals surface area contributed by atoms with Crippen molar-refractivity contribution in [1.82, 2.24) is 0 Å². The van der Waals surface area contributed by atoms with Crippen molar-refractivity contribution in [2.45, 2.75) is 72.3 Å². The van der Waals surface area contributed by atoms with Crippen molar-refractivity contribution in [2.75, 3.05) is 19.8 Å². The number of hydrogen-bond donors (Lipinski definition) is 0. The summed E-state index contributed by atoms with van der Waals surface area (Å²) in [5.74, 6) is 3.90. The Morgan fingerprint density at radius 3 is 1.74 bits per heavy atom. The molecule has 0 amide bonds. The third-order valence-electron chi connectivity index (χ3n) is 5.13. The summed E-state index contributed by atoms with van der Waals surface area (Å²) >= 11 is 11.5. The van der Waals surface area contributed by atoms with E-state index >= 15 is 0 Å². The maximum Gasteiger partial charge on any atom is 0.161 e. The predicted octanol–water partition coefficient (Wildman–Crippen LogP) is 8.66. The Bertz CT molecular complexity index is 901. The average molecular weight is 510 g/mol. The number of rotatable bonds is 14. The molecule has 2 rings (SSSR count). The summed E-state index contributed by atoms with van der Waals surface area (Å²) < 4.78 is 23.8. The molecule has 0 saturated carbocycles. The fraction of sp³-hybridized carbons (Fsp3) is 0.500. The molecule has 0 bridgehead atoms. The van der Waals surface area contributed by atoms with Gasteiger partial charge in [0.2, 0.25) is 0 Å². The van der Waals surface area contributed by atoms with E-state index in [-0.39, 0.29) is 17.2 Å². The summed E-state index contributed by atoms with van der Waals surface area (Å²) in [6.45, 7) is 14.3. The molecule has 0 aromatic heterocycles. The van der Waals surface area contributed by atoms with Crippen molar-refractivity contribution >= 4 is 23.2 Å². The van der Waals surface area contributed by atoms with Crippen LogP contribution in [0.1, 0.15) is 77.3 Å². The molecule has 34 heavy (non-hydrogen) atoms. The van der Waals surface area contributed by atoms with Gasteiger partial charge in [0.15, 0.2) is 11.5 Å². The van der Waals surface area contributed by atoms with Gasteiger partial charge in [-0.25, -0.2) is 0 Å². The fourth-order valence-corrected chi connectivity index (χ4v) is 3.60. The van der Waals surface area contributed by atoms with Crippen LogP contribution in [0.4, 0.5) is 0 Å². The van der Waals surface area contributed by atoms with E-state index in [1.165, 1.54) is 11.1 Å². The van der Waals surface area contributed by atoms with Crippen LogP contribution in [0.3, 0.4) is 0 Å². The molecule has 0 aliphatic carbocycles. The Hall–Kier alpha value is -2.04. The van der Waals surface area contributed by atoms with E-state index in [9.17, 15) is 0 Å². The Morgan fingerprint density at radius 2 is 1.24 bits per heavy atom. The number of ether oxygens (including phenoxy) is 4. The summed E-state index contributed by atoms with van der Waals surface area (Å²) in [5, 5.41) is 0. The van der Waals surface area contributed by atoms with E-state index in [2.05, 4.69) is 39.8 Å². The van der Waals surface area contributed by atoms with Crippen LogP contribution < -0.4 is 18.9 Å². The zero-order valence-corrected chi connectivity index (χ0v) is 22.7. The molecule has 0 fully saturated rings. The quantitative estimate of drug-likeness (QED) is 0.239. The monoisotopic (exact) mass is 508 g/mol. The highest BCUT2D eigenvalue weighted by molar-refractivity contribution is 6.55. The number of unbranched alkanes of at least 4 members (excludes halogenated alkanes) is 1. The van der Waals surface area contributed by atoms with Crippen LogP contribution in [0.5, 0.6) is 23.0 Å². The minimum Gasteiger partial charge on any atom is -0.494 e. The van der Waals surface area contributed by atoms with E-state index in [0.717, 1.165) is 30.1 Å². The zero-order valence-electron chi connectivity index (χ0n) is 21.2.